The molecule has 0 radical (unpaired) electrons. The Hall–Kier alpha value is -1.64. The van der Waals surface area contributed by atoms with Crippen LogP contribution >= 0.6 is 23.2 Å². The lowest BCUT2D eigenvalue weighted by atomic mass is 9.93. The Balaban J connectivity index is 1.51. The summed E-state index contributed by atoms with van der Waals surface area (Å²) in [5, 5.41) is 23.3. The highest BCUT2D eigenvalue weighted by atomic mass is 35.5. The second-order valence-electron chi connectivity index (χ2n) is 7.45. The third-order valence-electron chi connectivity index (χ3n) is 6.19. The topological polar surface area (TPSA) is 105 Å². The van der Waals surface area contributed by atoms with Crippen LogP contribution in [0.25, 0.3) is 0 Å². The van der Waals surface area contributed by atoms with Gasteiger partial charge in [-0.25, -0.2) is 0 Å². The summed E-state index contributed by atoms with van der Waals surface area (Å²) < 4.78 is 10.6. The molecule has 4 fully saturated rings. The quantitative estimate of drug-likeness (QED) is 0.315. The van der Waals surface area contributed by atoms with Crippen LogP contribution in [0, 0.1) is 23.2 Å². The Bertz CT molecular complexity index is 857. The molecule has 0 spiro atoms. The van der Waals surface area contributed by atoms with Crippen molar-refractivity contribution >= 4 is 35.1 Å². The second kappa shape index (κ2) is 6.71. The molecule has 9 heteroatoms. The number of carbonyl (C=O) groups excluding carboxylic acids is 1. The molecule has 1 aromatic carbocycles. The van der Waals surface area contributed by atoms with Crippen molar-refractivity contribution in [1.82, 2.24) is 5.32 Å². The van der Waals surface area contributed by atoms with Crippen LogP contribution in [0.5, 0.6) is 0 Å². The molecular weight excluding hydrogens is 409 g/mol. The monoisotopic (exact) mass is 427 g/mol. The number of nitrogens with one attached hydrogen (secondary N) is 1. The fraction of sp³-hybridized carbons (Fsp3) is 0.474. The van der Waals surface area contributed by atoms with Gasteiger partial charge in [0.1, 0.15) is 12.1 Å². The summed E-state index contributed by atoms with van der Waals surface area (Å²) in [7, 11) is 0. The average Bonchev–Trinajstić information content (AvgIpc) is 3.43. The summed E-state index contributed by atoms with van der Waals surface area (Å²) >= 11 is 12.0. The molecule has 5 rings (SSSR count). The molecule has 28 heavy (non-hydrogen) atoms. The molecule has 7 nitrogen and oxygen atoms in total. The summed E-state index contributed by atoms with van der Waals surface area (Å²) in [4.78, 5) is 24.7. The Kier molecular flexibility index (Phi) is 4.71. The fourth-order valence-corrected chi connectivity index (χ4v) is 5.42. The number of aliphatic hydroxyl groups is 1. The van der Waals surface area contributed by atoms with Gasteiger partial charge in [0.2, 0.25) is 6.41 Å². The highest BCUT2D eigenvalue weighted by molar-refractivity contribution is 6.35. The van der Waals surface area contributed by atoms with Gasteiger partial charge in [0.05, 0.1) is 12.0 Å². The predicted octanol–water partition coefficient (Wildman–Crippen LogP) is 2.19. The zero-order valence-corrected chi connectivity index (χ0v) is 16.2. The number of hydrogen-bond acceptors (Lipinski definition) is 6. The first kappa shape index (κ1) is 19.7. The van der Waals surface area contributed by atoms with Crippen LogP contribution in [0.1, 0.15) is 12.0 Å². The van der Waals surface area contributed by atoms with Crippen molar-refractivity contribution in [2.45, 2.75) is 25.0 Å². The minimum atomic E-state index is -1.45. The van der Waals surface area contributed by atoms with E-state index in [0.29, 0.717) is 15.6 Å². The number of halogens is 2. The average molecular weight is 428 g/mol. The molecule has 150 valence electrons. The van der Waals surface area contributed by atoms with E-state index in [-0.39, 0.29) is 31.5 Å². The molecule has 3 N–H and O–H groups in total. The lowest BCUT2D eigenvalue weighted by molar-refractivity contribution is -0.168. The van der Waals surface area contributed by atoms with Crippen LogP contribution in [0.3, 0.4) is 0 Å². The molecule has 1 aromatic rings. The van der Waals surface area contributed by atoms with E-state index in [2.05, 4.69) is 11.9 Å². The van der Waals surface area contributed by atoms with Crippen LogP contribution in [-0.4, -0.2) is 40.7 Å². The van der Waals surface area contributed by atoms with Crippen LogP contribution in [0.4, 0.5) is 0 Å². The lowest BCUT2D eigenvalue weighted by Gasteiger charge is -2.31. The van der Waals surface area contributed by atoms with Gasteiger partial charge in [0.25, 0.3) is 0 Å². The normalized spacial score (nSPS) is 35.0. The maximum absolute atomic E-state index is 13.0. The Morgan fingerprint density at radius 2 is 2.18 bits per heavy atom. The Morgan fingerprint density at radius 3 is 2.75 bits per heavy atom. The first-order valence-electron chi connectivity index (χ1n) is 8.82. The molecule has 6 atom stereocenters. The van der Waals surface area contributed by atoms with Crippen LogP contribution in [-0.2, 0) is 25.7 Å². The first-order valence-corrected chi connectivity index (χ1v) is 9.57. The first-order chi connectivity index (χ1) is 13.3. The zero-order valence-electron chi connectivity index (χ0n) is 14.7. The van der Waals surface area contributed by atoms with Gasteiger partial charge in [-0.05, 0) is 30.4 Å². The van der Waals surface area contributed by atoms with Crippen molar-refractivity contribution in [3.05, 3.63) is 46.5 Å². The van der Waals surface area contributed by atoms with Gasteiger partial charge in [-0.3, -0.25) is 14.9 Å². The number of esters is 1. The minimum Gasteiger partial charge on any atom is -0.481 e. The molecule has 0 aliphatic heterocycles. The number of carboxylic acids is 1. The molecule has 4 aliphatic carbocycles. The highest BCUT2D eigenvalue weighted by Gasteiger charge is 3.00. The lowest BCUT2D eigenvalue weighted by Crippen LogP contribution is -2.57. The molecule has 0 saturated heterocycles. The summed E-state index contributed by atoms with van der Waals surface area (Å²) in [5.74, 6) is -2.14. The molecule has 4 saturated carbocycles. The van der Waals surface area contributed by atoms with Crippen molar-refractivity contribution in [3.8, 4) is 0 Å². The number of carbonyl (C=O) groups is 2. The number of ether oxygens (including phenoxy) is 2. The summed E-state index contributed by atoms with van der Waals surface area (Å²) in [6.45, 7) is 3.48. The van der Waals surface area contributed by atoms with E-state index in [1.165, 1.54) is 6.08 Å². The van der Waals surface area contributed by atoms with E-state index < -0.39 is 35.2 Å². The van der Waals surface area contributed by atoms with Gasteiger partial charge >= 0.3 is 11.9 Å². The fourth-order valence-electron chi connectivity index (χ4n) is 4.96. The number of rotatable bonds is 9. The number of aliphatic hydroxyl groups excluding tert-OH is 1. The Labute approximate surface area is 171 Å². The van der Waals surface area contributed by atoms with Gasteiger partial charge < -0.3 is 19.7 Å². The number of fused-ring (bicyclic) bond motifs is 1. The van der Waals surface area contributed by atoms with Gasteiger partial charge in [0, 0.05) is 21.5 Å². The van der Waals surface area contributed by atoms with Crippen molar-refractivity contribution < 1.29 is 29.3 Å². The predicted molar refractivity (Wildman–Crippen MR) is 99.4 cm³/mol. The number of carboxylic acid groups (broad SMARTS) is 1. The number of hydrogen-bond donors (Lipinski definition) is 3. The van der Waals surface area contributed by atoms with E-state index in [1.807, 2.05) is 0 Å². The second-order valence-corrected chi connectivity index (χ2v) is 8.30. The largest absolute Gasteiger partial charge is 0.481 e. The molecule has 0 amide bonds. The smallest absolute Gasteiger partial charge is 0.327 e. The van der Waals surface area contributed by atoms with E-state index >= 15 is 0 Å². The standard InChI is InChI=1S/C19H19Cl2NO6/c1-2-5-27-17(26)22-18(7-11-13-14(18)19(11,13)15(23)24)16(25)28-8-9-3-4-10(20)6-12(9)21/h2-4,6,11,13-14,17,22,26H,1,5,7-8H2,(H,23,24)/t11?,13-,14-,17?,18+,19-/m1/s1. The molecule has 0 heterocycles. The Morgan fingerprint density at radius 1 is 1.43 bits per heavy atom. The maximum Gasteiger partial charge on any atom is 0.327 e. The van der Waals surface area contributed by atoms with Crippen molar-refractivity contribution in [3.63, 3.8) is 0 Å². The van der Waals surface area contributed by atoms with Gasteiger partial charge in [-0.15, -0.1) is 6.58 Å². The highest BCUT2D eigenvalue weighted by Crippen LogP contribution is 2.93. The van der Waals surface area contributed by atoms with E-state index in [9.17, 15) is 19.8 Å². The van der Waals surface area contributed by atoms with Crippen molar-refractivity contribution in [2.75, 3.05) is 6.61 Å². The molecule has 2 bridgehead atoms. The van der Waals surface area contributed by atoms with Crippen LogP contribution in [0.2, 0.25) is 10.0 Å². The third-order valence-corrected chi connectivity index (χ3v) is 6.78. The van der Waals surface area contributed by atoms with Crippen LogP contribution < -0.4 is 5.32 Å². The molecular formula is C19H19Cl2NO6. The summed E-state index contributed by atoms with van der Waals surface area (Å²) in [6.07, 6.45) is 0.280. The van der Waals surface area contributed by atoms with Gasteiger partial charge in [-0.1, -0.05) is 35.3 Å². The maximum atomic E-state index is 13.0. The molecule has 4 aliphatic rings. The number of benzene rings is 1. The van der Waals surface area contributed by atoms with Crippen molar-refractivity contribution in [2.24, 2.45) is 23.2 Å². The number of aliphatic carboxylic acids is 1. The van der Waals surface area contributed by atoms with Gasteiger partial charge in [0.15, 0.2) is 0 Å². The molecule has 2 unspecified atom stereocenters. The van der Waals surface area contributed by atoms with Crippen LogP contribution in [0.15, 0.2) is 30.9 Å². The SMILES string of the molecule is C=CCOC(O)N[C@@]1(C(=O)OCc2ccc(Cl)cc2Cl)CC2[C@@H]3[C@H]1[C@@]23C(=O)O. The van der Waals surface area contributed by atoms with E-state index in [1.54, 1.807) is 18.2 Å². The summed E-state index contributed by atoms with van der Waals surface area (Å²) in [5.41, 5.74) is -1.63. The summed E-state index contributed by atoms with van der Waals surface area (Å²) in [6, 6.07) is 4.83. The third kappa shape index (κ3) is 2.69. The molecule has 0 aromatic heterocycles. The van der Waals surface area contributed by atoms with Gasteiger partial charge in [-0.2, -0.15) is 0 Å². The van der Waals surface area contributed by atoms with E-state index in [0.717, 1.165) is 0 Å². The minimum absolute atomic E-state index is 0.0707. The van der Waals surface area contributed by atoms with Crippen molar-refractivity contribution in [1.29, 1.82) is 0 Å². The zero-order chi connectivity index (χ0) is 20.3. The van der Waals surface area contributed by atoms with E-state index in [4.69, 9.17) is 32.7 Å².